The molecule has 6 nitrogen and oxygen atoms in total. The average molecular weight is 244 g/mol. The van der Waals surface area contributed by atoms with Crippen molar-refractivity contribution in [2.75, 3.05) is 34.2 Å². The van der Waals surface area contributed by atoms with E-state index in [-0.39, 0.29) is 11.7 Å². The van der Waals surface area contributed by atoms with Crippen LogP contribution in [0.25, 0.3) is 0 Å². The summed E-state index contributed by atoms with van der Waals surface area (Å²) in [6.45, 7) is 4.92. The SMILES string of the molecule is CCC(C)(C(=O)N(C)CCN(C)C)C(N)=NO. The van der Waals surface area contributed by atoms with Crippen LogP contribution in [-0.2, 0) is 4.79 Å². The summed E-state index contributed by atoms with van der Waals surface area (Å²) in [4.78, 5) is 15.9. The van der Waals surface area contributed by atoms with E-state index in [1.165, 1.54) is 0 Å². The minimum atomic E-state index is -0.935. The molecule has 1 unspecified atom stereocenters. The van der Waals surface area contributed by atoms with Crippen LogP contribution in [-0.4, -0.2) is 61.0 Å². The van der Waals surface area contributed by atoms with Crippen LogP contribution in [0.3, 0.4) is 0 Å². The normalized spacial score (nSPS) is 15.8. The van der Waals surface area contributed by atoms with Crippen molar-refractivity contribution in [1.82, 2.24) is 9.80 Å². The Morgan fingerprint density at radius 3 is 2.24 bits per heavy atom. The summed E-state index contributed by atoms with van der Waals surface area (Å²) in [7, 11) is 5.62. The molecule has 0 spiro atoms. The Labute approximate surface area is 103 Å². The van der Waals surface area contributed by atoms with Crippen LogP contribution in [0.2, 0.25) is 0 Å². The molecule has 17 heavy (non-hydrogen) atoms. The number of oxime groups is 1. The van der Waals surface area contributed by atoms with Gasteiger partial charge in [0.2, 0.25) is 5.91 Å². The van der Waals surface area contributed by atoms with Gasteiger partial charge in [-0.05, 0) is 27.4 Å². The van der Waals surface area contributed by atoms with E-state index >= 15 is 0 Å². The Morgan fingerprint density at radius 2 is 1.88 bits per heavy atom. The van der Waals surface area contributed by atoms with Gasteiger partial charge in [0.1, 0.15) is 5.41 Å². The van der Waals surface area contributed by atoms with Gasteiger partial charge in [-0.2, -0.15) is 0 Å². The molecule has 0 aromatic rings. The molecule has 0 rings (SSSR count). The van der Waals surface area contributed by atoms with Gasteiger partial charge in [-0.15, -0.1) is 0 Å². The van der Waals surface area contributed by atoms with Gasteiger partial charge in [-0.3, -0.25) is 4.79 Å². The number of nitrogens with two attached hydrogens (primary N) is 1. The lowest BCUT2D eigenvalue weighted by Crippen LogP contribution is -2.49. The lowest BCUT2D eigenvalue weighted by atomic mass is 9.84. The van der Waals surface area contributed by atoms with Crippen LogP contribution in [0.1, 0.15) is 20.3 Å². The fraction of sp³-hybridized carbons (Fsp3) is 0.818. The molecule has 1 amide bonds. The monoisotopic (exact) mass is 244 g/mol. The number of nitrogens with zero attached hydrogens (tertiary/aromatic N) is 3. The Morgan fingerprint density at radius 1 is 1.35 bits per heavy atom. The molecule has 0 aliphatic heterocycles. The first kappa shape index (κ1) is 15.7. The Bertz CT molecular complexity index is 291. The molecule has 0 radical (unpaired) electrons. The van der Waals surface area contributed by atoms with Crippen molar-refractivity contribution in [3.8, 4) is 0 Å². The van der Waals surface area contributed by atoms with Gasteiger partial charge in [0.05, 0.1) is 0 Å². The number of hydrogen-bond acceptors (Lipinski definition) is 4. The van der Waals surface area contributed by atoms with E-state index in [4.69, 9.17) is 10.9 Å². The molecule has 0 aromatic heterocycles. The lowest BCUT2D eigenvalue weighted by Gasteiger charge is -2.31. The van der Waals surface area contributed by atoms with Crippen molar-refractivity contribution in [2.45, 2.75) is 20.3 Å². The maximum Gasteiger partial charge on any atom is 0.236 e. The van der Waals surface area contributed by atoms with Gasteiger partial charge in [0, 0.05) is 20.1 Å². The van der Waals surface area contributed by atoms with Crippen LogP contribution < -0.4 is 5.73 Å². The molecule has 0 fully saturated rings. The van der Waals surface area contributed by atoms with E-state index in [0.717, 1.165) is 6.54 Å². The largest absolute Gasteiger partial charge is 0.409 e. The molecular weight excluding hydrogens is 220 g/mol. The topological polar surface area (TPSA) is 82.2 Å². The van der Waals surface area contributed by atoms with Gasteiger partial charge in [0.15, 0.2) is 5.84 Å². The van der Waals surface area contributed by atoms with Gasteiger partial charge < -0.3 is 20.7 Å². The van der Waals surface area contributed by atoms with E-state index in [1.54, 1.807) is 18.9 Å². The number of carbonyl (C=O) groups is 1. The predicted octanol–water partition coefficient (Wildman–Crippen LogP) is 0.169. The van der Waals surface area contributed by atoms with Crippen molar-refractivity contribution >= 4 is 11.7 Å². The zero-order valence-electron chi connectivity index (χ0n) is 11.4. The summed E-state index contributed by atoms with van der Waals surface area (Å²) < 4.78 is 0. The molecule has 1 atom stereocenters. The van der Waals surface area contributed by atoms with E-state index < -0.39 is 5.41 Å². The molecule has 3 N–H and O–H groups in total. The summed E-state index contributed by atoms with van der Waals surface area (Å²) in [5.74, 6) is -0.168. The number of amides is 1. The fourth-order valence-corrected chi connectivity index (χ4v) is 1.43. The van der Waals surface area contributed by atoms with Crippen LogP contribution in [0, 0.1) is 5.41 Å². The molecule has 0 bridgehead atoms. The van der Waals surface area contributed by atoms with E-state index in [9.17, 15) is 4.79 Å². The molecule has 0 saturated carbocycles. The van der Waals surface area contributed by atoms with Crippen LogP contribution in [0.5, 0.6) is 0 Å². The summed E-state index contributed by atoms with van der Waals surface area (Å²) in [5.41, 5.74) is 4.66. The van der Waals surface area contributed by atoms with E-state index in [1.807, 2.05) is 25.9 Å². The van der Waals surface area contributed by atoms with Gasteiger partial charge in [-0.1, -0.05) is 12.1 Å². The molecule has 0 aromatic carbocycles. The quantitative estimate of drug-likeness (QED) is 0.302. The highest BCUT2D eigenvalue weighted by molar-refractivity contribution is 6.06. The number of carbonyl (C=O) groups excluding carboxylic acids is 1. The maximum atomic E-state index is 12.2. The molecule has 0 aliphatic carbocycles. The Balaban J connectivity index is 4.75. The fourth-order valence-electron chi connectivity index (χ4n) is 1.43. The Kier molecular flexibility index (Phi) is 5.95. The zero-order valence-corrected chi connectivity index (χ0v) is 11.4. The van der Waals surface area contributed by atoms with E-state index in [0.29, 0.717) is 13.0 Å². The molecule has 0 aliphatic rings. The number of amidine groups is 1. The highest BCUT2D eigenvalue weighted by Crippen LogP contribution is 2.23. The first-order chi connectivity index (χ1) is 7.79. The molecule has 0 saturated heterocycles. The summed E-state index contributed by atoms with van der Waals surface area (Å²) >= 11 is 0. The van der Waals surface area contributed by atoms with E-state index in [2.05, 4.69) is 5.16 Å². The zero-order chi connectivity index (χ0) is 13.6. The lowest BCUT2D eigenvalue weighted by molar-refractivity contribution is -0.136. The molecular formula is C11H24N4O2. The van der Waals surface area contributed by atoms with Crippen molar-refractivity contribution in [1.29, 1.82) is 0 Å². The number of hydrogen-bond donors (Lipinski definition) is 2. The summed E-state index contributed by atoms with van der Waals surface area (Å²) in [5, 5.41) is 11.7. The predicted molar refractivity (Wildman–Crippen MR) is 68.0 cm³/mol. The first-order valence-corrected chi connectivity index (χ1v) is 5.67. The number of likely N-dealkylation sites (N-methyl/N-ethyl adjacent to an activating group) is 2. The van der Waals surface area contributed by atoms with Crippen molar-refractivity contribution in [3.63, 3.8) is 0 Å². The second-order valence-corrected chi connectivity index (χ2v) is 4.70. The first-order valence-electron chi connectivity index (χ1n) is 5.67. The molecule has 0 heterocycles. The number of rotatable bonds is 6. The smallest absolute Gasteiger partial charge is 0.236 e. The van der Waals surface area contributed by atoms with Crippen molar-refractivity contribution in [2.24, 2.45) is 16.3 Å². The van der Waals surface area contributed by atoms with Gasteiger partial charge >= 0.3 is 0 Å². The standard InChI is InChI=1S/C11H24N4O2/c1-6-11(2,9(12)13-17)10(16)15(5)8-7-14(3)4/h17H,6-8H2,1-5H3,(H2,12,13). The van der Waals surface area contributed by atoms with Crippen LogP contribution >= 0.6 is 0 Å². The average Bonchev–Trinajstić information content (AvgIpc) is 2.32. The summed E-state index contributed by atoms with van der Waals surface area (Å²) in [6.07, 6.45) is 0.494. The van der Waals surface area contributed by atoms with Crippen LogP contribution in [0.4, 0.5) is 0 Å². The third kappa shape index (κ3) is 3.89. The molecule has 100 valence electrons. The van der Waals surface area contributed by atoms with Crippen LogP contribution in [0.15, 0.2) is 5.16 Å². The maximum absolute atomic E-state index is 12.2. The minimum Gasteiger partial charge on any atom is -0.409 e. The minimum absolute atomic E-state index is 0.0401. The second kappa shape index (κ2) is 6.44. The summed E-state index contributed by atoms with van der Waals surface area (Å²) in [6, 6.07) is 0. The van der Waals surface area contributed by atoms with Crippen molar-refractivity contribution in [3.05, 3.63) is 0 Å². The van der Waals surface area contributed by atoms with Crippen molar-refractivity contribution < 1.29 is 10.0 Å². The highest BCUT2D eigenvalue weighted by Gasteiger charge is 2.38. The van der Waals surface area contributed by atoms with Gasteiger partial charge in [-0.25, -0.2) is 0 Å². The van der Waals surface area contributed by atoms with Gasteiger partial charge in [0.25, 0.3) is 0 Å². The third-order valence-electron chi connectivity index (χ3n) is 3.08. The third-order valence-corrected chi connectivity index (χ3v) is 3.08. The highest BCUT2D eigenvalue weighted by atomic mass is 16.4. The molecule has 6 heteroatoms. The Hall–Kier alpha value is -1.30. The second-order valence-electron chi connectivity index (χ2n) is 4.70.